The second kappa shape index (κ2) is 3.18. The SMILES string of the molecule is CC1(C)CN2CCCC2(COP)C1. The Kier molecular flexibility index (Phi) is 2.42. The number of hydrogen-bond donors (Lipinski definition) is 0. The molecule has 0 aliphatic carbocycles. The summed E-state index contributed by atoms with van der Waals surface area (Å²) in [6.07, 6.45) is 3.98. The highest BCUT2D eigenvalue weighted by atomic mass is 31.0. The molecule has 0 saturated carbocycles. The quantitative estimate of drug-likeness (QED) is 0.634. The minimum Gasteiger partial charge on any atom is -0.364 e. The molecule has 0 spiro atoms. The largest absolute Gasteiger partial charge is 0.364 e. The Balaban J connectivity index is 2.15. The van der Waals surface area contributed by atoms with Crippen molar-refractivity contribution in [2.45, 2.75) is 38.6 Å². The van der Waals surface area contributed by atoms with Gasteiger partial charge in [-0.15, -0.1) is 0 Å². The van der Waals surface area contributed by atoms with E-state index in [0.29, 0.717) is 11.0 Å². The van der Waals surface area contributed by atoms with Crippen molar-refractivity contribution < 1.29 is 4.52 Å². The molecular weight excluding hydrogens is 181 g/mol. The molecule has 0 aromatic heterocycles. The molecule has 2 fully saturated rings. The van der Waals surface area contributed by atoms with E-state index < -0.39 is 0 Å². The van der Waals surface area contributed by atoms with Crippen LogP contribution in [0.1, 0.15) is 33.1 Å². The molecule has 76 valence electrons. The first-order chi connectivity index (χ1) is 6.08. The van der Waals surface area contributed by atoms with Crippen molar-refractivity contribution in [3.63, 3.8) is 0 Å². The van der Waals surface area contributed by atoms with Gasteiger partial charge in [-0.25, -0.2) is 0 Å². The third kappa shape index (κ3) is 1.65. The van der Waals surface area contributed by atoms with Crippen LogP contribution in [0.2, 0.25) is 0 Å². The minimum absolute atomic E-state index is 0.380. The lowest BCUT2D eigenvalue weighted by Gasteiger charge is -2.31. The van der Waals surface area contributed by atoms with E-state index in [4.69, 9.17) is 4.52 Å². The maximum atomic E-state index is 5.30. The monoisotopic (exact) mass is 201 g/mol. The van der Waals surface area contributed by atoms with E-state index in [0.717, 1.165) is 6.61 Å². The van der Waals surface area contributed by atoms with Crippen LogP contribution in [-0.2, 0) is 4.52 Å². The molecule has 2 saturated heterocycles. The van der Waals surface area contributed by atoms with Crippen LogP contribution in [0, 0.1) is 5.41 Å². The maximum absolute atomic E-state index is 5.30. The number of nitrogens with zero attached hydrogens (tertiary/aromatic N) is 1. The highest BCUT2D eigenvalue weighted by Crippen LogP contribution is 2.47. The summed E-state index contributed by atoms with van der Waals surface area (Å²) < 4.78 is 5.30. The Hall–Kier alpha value is 0.350. The molecule has 2 rings (SSSR count). The van der Waals surface area contributed by atoms with Gasteiger partial charge in [0, 0.05) is 21.6 Å². The van der Waals surface area contributed by atoms with E-state index in [1.54, 1.807) is 0 Å². The van der Waals surface area contributed by atoms with Gasteiger partial charge in [-0.3, -0.25) is 4.90 Å². The second-order valence-electron chi connectivity index (χ2n) is 5.40. The van der Waals surface area contributed by atoms with Crippen LogP contribution in [0.4, 0.5) is 0 Å². The zero-order valence-corrected chi connectivity index (χ0v) is 9.83. The van der Waals surface area contributed by atoms with Crippen LogP contribution in [-0.4, -0.2) is 30.1 Å². The predicted molar refractivity (Wildman–Crippen MR) is 57.6 cm³/mol. The van der Waals surface area contributed by atoms with Gasteiger partial charge in [0.05, 0.1) is 6.61 Å². The van der Waals surface area contributed by atoms with Crippen molar-refractivity contribution in [2.24, 2.45) is 5.41 Å². The van der Waals surface area contributed by atoms with Crippen molar-refractivity contribution in [1.29, 1.82) is 0 Å². The minimum atomic E-state index is 0.380. The third-order valence-electron chi connectivity index (χ3n) is 3.52. The van der Waals surface area contributed by atoms with Gasteiger partial charge in [0.2, 0.25) is 0 Å². The highest BCUT2D eigenvalue weighted by Gasteiger charge is 2.51. The molecule has 0 radical (unpaired) electrons. The van der Waals surface area contributed by atoms with Crippen LogP contribution < -0.4 is 0 Å². The summed E-state index contributed by atoms with van der Waals surface area (Å²) in [6, 6.07) is 0. The topological polar surface area (TPSA) is 12.5 Å². The van der Waals surface area contributed by atoms with Crippen LogP contribution >= 0.6 is 9.47 Å². The average Bonchev–Trinajstić information content (AvgIpc) is 2.40. The van der Waals surface area contributed by atoms with Gasteiger partial charge in [0.15, 0.2) is 0 Å². The summed E-state index contributed by atoms with van der Waals surface area (Å²) in [4.78, 5) is 2.64. The summed E-state index contributed by atoms with van der Waals surface area (Å²) in [5, 5.41) is 0. The first kappa shape index (κ1) is 9.89. The van der Waals surface area contributed by atoms with E-state index in [1.807, 2.05) is 0 Å². The first-order valence-electron chi connectivity index (χ1n) is 5.15. The maximum Gasteiger partial charge on any atom is 0.0686 e. The fourth-order valence-electron chi connectivity index (χ4n) is 3.27. The number of hydrogen-bond acceptors (Lipinski definition) is 2. The van der Waals surface area contributed by atoms with Crippen LogP contribution in [0.25, 0.3) is 0 Å². The van der Waals surface area contributed by atoms with Gasteiger partial charge in [-0.05, 0) is 31.2 Å². The molecule has 0 amide bonds. The van der Waals surface area contributed by atoms with Crippen molar-refractivity contribution in [2.75, 3.05) is 19.7 Å². The van der Waals surface area contributed by atoms with Crippen molar-refractivity contribution in [3.8, 4) is 0 Å². The highest BCUT2D eigenvalue weighted by molar-refractivity contribution is 7.09. The molecule has 2 atom stereocenters. The number of fused-ring (bicyclic) bond motifs is 1. The molecule has 2 aliphatic rings. The molecule has 2 unspecified atom stereocenters. The van der Waals surface area contributed by atoms with E-state index in [-0.39, 0.29) is 0 Å². The zero-order valence-electron chi connectivity index (χ0n) is 8.68. The Morgan fingerprint density at radius 1 is 1.46 bits per heavy atom. The van der Waals surface area contributed by atoms with Crippen LogP contribution in [0.3, 0.4) is 0 Å². The second-order valence-corrected chi connectivity index (χ2v) is 5.73. The lowest BCUT2D eigenvalue weighted by molar-refractivity contribution is 0.126. The summed E-state index contributed by atoms with van der Waals surface area (Å²) >= 11 is 0. The molecule has 0 aromatic carbocycles. The molecule has 3 heteroatoms. The van der Waals surface area contributed by atoms with E-state index >= 15 is 0 Å². The van der Waals surface area contributed by atoms with Crippen LogP contribution in [0.15, 0.2) is 0 Å². The Morgan fingerprint density at radius 2 is 2.23 bits per heavy atom. The van der Waals surface area contributed by atoms with E-state index in [9.17, 15) is 0 Å². The average molecular weight is 201 g/mol. The Labute approximate surface area is 83.3 Å². The fraction of sp³-hybridized carbons (Fsp3) is 1.00. The molecule has 0 aromatic rings. The summed E-state index contributed by atoms with van der Waals surface area (Å²) in [6.45, 7) is 8.16. The van der Waals surface area contributed by atoms with Gasteiger partial charge < -0.3 is 4.52 Å². The molecule has 2 heterocycles. The summed E-state index contributed by atoms with van der Waals surface area (Å²) in [5.41, 5.74) is 0.870. The third-order valence-corrected chi connectivity index (χ3v) is 3.69. The fourth-order valence-corrected chi connectivity index (χ4v) is 3.58. The zero-order chi connectivity index (χ0) is 9.53. The summed E-state index contributed by atoms with van der Waals surface area (Å²) in [5.74, 6) is 0. The van der Waals surface area contributed by atoms with Gasteiger partial charge in [0.25, 0.3) is 0 Å². The molecule has 13 heavy (non-hydrogen) atoms. The van der Waals surface area contributed by atoms with Crippen molar-refractivity contribution >= 4 is 9.47 Å². The van der Waals surface area contributed by atoms with E-state index in [2.05, 4.69) is 28.2 Å². The van der Waals surface area contributed by atoms with Crippen molar-refractivity contribution in [1.82, 2.24) is 4.90 Å². The molecule has 0 bridgehead atoms. The Morgan fingerprint density at radius 3 is 2.92 bits per heavy atom. The van der Waals surface area contributed by atoms with Gasteiger partial charge in [-0.1, -0.05) is 13.8 Å². The first-order valence-corrected chi connectivity index (χ1v) is 5.62. The standard InChI is InChI=1S/C10H20NOP/c1-9(2)6-10(8-12-13)4-3-5-11(10)7-9/h3-8,13H2,1-2H3. The lowest BCUT2D eigenvalue weighted by atomic mass is 9.83. The smallest absolute Gasteiger partial charge is 0.0686 e. The Bertz CT molecular complexity index is 207. The molecule has 2 aliphatic heterocycles. The normalized spacial score (nSPS) is 38.1. The van der Waals surface area contributed by atoms with Gasteiger partial charge in [0.1, 0.15) is 0 Å². The molecular formula is C10H20NOP. The van der Waals surface area contributed by atoms with Gasteiger partial charge in [-0.2, -0.15) is 0 Å². The van der Waals surface area contributed by atoms with Gasteiger partial charge >= 0.3 is 0 Å². The molecule has 0 N–H and O–H groups in total. The predicted octanol–water partition coefficient (Wildman–Crippen LogP) is 2.06. The van der Waals surface area contributed by atoms with Crippen LogP contribution in [0.5, 0.6) is 0 Å². The van der Waals surface area contributed by atoms with E-state index in [1.165, 1.54) is 32.4 Å². The molecule has 2 nitrogen and oxygen atoms in total. The lowest BCUT2D eigenvalue weighted by Crippen LogP contribution is -2.41. The number of rotatable bonds is 2. The summed E-state index contributed by atoms with van der Waals surface area (Å²) in [7, 11) is 2.40. The van der Waals surface area contributed by atoms with Crippen molar-refractivity contribution in [3.05, 3.63) is 0 Å².